The Bertz CT molecular complexity index is 1360. The molecule has 2 aromatic carbocycles. The van der Waals surface area contributed by atoms with E-state index in [1.54, 1.807) is 13.1 Å². The van der Waals surface area contributed by atoms with E-state index in [9.17, 15) is 12.8 Å². The Kier molecular flexibility index (Phi) is 7.92. The average Bonchev–Trinajstić information content (AvgIpc) is 3.20. The minimum atomic E-state index is -3.64. The Morgan fingerprint density at radius 2 is 1.85 bits per heavy atom. The number of aromatic nitrogens is 3. The quantitative estimate of drug-likeness (QED) is 0.373. The van der Waals surface area contributed by atoms with Crippen molar-refractivity contribution in [1.82, 2.24) is 15.0 Å². The number of aliphatic hydroxyl groups excluding tert-OH is 1. The van der Waals surface area contributed by atoms with Gasteiger partial charge >= 0.3 is 0 Å². The second-order valence-electron chi connectivity index (χ2n) is 7.27. The van der Waals surface area contributed by atoms with E-state index < -0.39 is 15.7 Å². The van der Waals surface area contributed by atoms with Crippen LogP contribution in [0.4, 0.5) is 21.8 Å². The number of anilines is 3. The number of hydrogen-bond donors (Lipinski definition) is 3. The van der Waals surface area contributed by atoms with Crippen molar-refractivity contribution in [2.75, 3.05) is 23.9 Å². The van der Waals surface area contributed by atoms with E-state index in [0.717, 1.165) is 18.7 Å². The van der Waals surface area contributed by atoms with Gasteiger partial charge in [0.05, 0.1) is 11.8 Å². The summed E-state index contributed by atoms with van der Waals surface area (Å²) in [6, 6.07) is 13.6. The lowest BCUT2D eigenvalue weighted by atomic mass is 10.2. The third kappa shape index (κ3) is 6.59. The highest BCUT2D eigenvalue weighted by atomic mass is 32.2. The number of nitrogens with zero attached hydrogens (tertiary/aromatic N) is 3. The maximum atomic E-state index is 13.9. The van der Waals surface area contributed by atoms with Crippen LogP contribution in [0.1, 0.15) is 11.3 Å². The number of aliphatic hydroxyl groups is 1. The monoisotopic (exact) mass is 485 g/mol. The molecule has 0 aliphatic rings. The largest absolute Gasteiger partial charge is 0.441 e. The van der Waals surface area contributed by atoms with Crippen molar-refractivity contribution in [2.45, 2.75) is 18.2 Å². The highest BCUT2D eigenvalue weighted by molar-refractivity contribution is 7.90. The molecule has 0 atom stereocenters. The van der Waals surface area contributed by atoms with Crippen molar-refractivity contribution < 1.29 is 22.3 Å². The molecule has 0 amide bonds. The standard InChI is InChI=1S/C15H14FN5O3S.C8H10O/c1-8-6-18-14(24-8)10-7-19-15(21-13(10)17)20-9-3-4-12(11(16)5-9)25(2,22)23;9-7-6-8-4-2-1-3-5-8/h3-7H,1-2H3,(H3,17,19,20,21);1-5,9H,6-7H2. The fraction of sp³-hybridized carbons (Fsp3) is 0.174. The fourth-order valence-electron chi connectivity index (χ4n) is 2.88. The first-order valence-corrected chi connectivity index (χ1v) is 12.0. The van der Waals surface area contributed by atoms with Gasteiger partial charge in [-0.25, -0.2) is 22.8 Å². The first-order chi connectivity index (χ1) is 16.2. The molecule has 0 unspecified atom stereocenters. The number of hydrogen-bond acceptors (Lipinski definition) is 9. The molecule has 0 aliphatic heterocycles. The van der Waals surface area contributed by atoms with Gasteiger partial charge in [-0.2, -0.15) is 4.98 Å². The predicted octanol–water partition coefficient (Wildman–Crippen LogP) is 3.53. The van der Waals surface area contributed by atoms with E-state index in [1.165, 1.54) is 23.9 Å². The Labute approximate surface area is 196 Å². The maximum Gasteiger partial charge on any atom is 0.231 e. The minimum Gasteiger partial charge on any atom is -0.441 e. The molecule has 34 heavy (non-hydrogen) atoms. The Morgan fingerprint density at radius 1 is 1.12 bits per heavy atom. The third-order valence-electron chi connectivity index (χ3n) is 4.50. The summed E-state index contributed by atoms with van der Waals surface area (Å²) in [6.07, 6.45) is 4.68. The number of oxazole rings is 1. The molecule has 2 aromatic heterocycles. The van der Waals surface area contributed by atoms with Gasteiger partial charge in [-0.3, -0.25) is 0 Å². The summed E-state index contributed by atoms with van der Waals surface area (Å²) in [5, 5.41) is 11.3. The second-order valence-corrected chi connectivity index (χ2v) is 9.25. The number of nitrogen functional groups attached to an aromatic ring is 1. The normalized spacial score (nSPS) is 10.9. The van der Waals surface area contributed by atoms with Gasteiger partial charge in [-0.05, 0) is 37.1 Å². The van der Waals surface area contributed by atoms with E-state index in [4.69, 9.17) is 15.3 Å². The number of rotatable bonds is 6. The molecule has 9 nitrogen and oxygen atoms in total. The summed E-state index contributed by atoms with van der Waals surface area (Å²) >= 11 is 0. The van der Waals surface area contributed by atoms with Gasteiger partial charge in [-0.1, -0.05) is 30.3 Å². The zero-order valence-corrected chi connectivity index (χ0v) is 19.4. The van der Waals surface area contributed by atoms with Crippen LogP contribution in [0.5, 0.6) is 0 Å². The molecule has 2 heterocycles. The van der Waals surface area contributed by atoms with Crippen molar-refractivity contribution in [3.8, 4) is 11.5 Å². The smallest absolute Gasteiger partial charge is 0.231 e. The molecular weight excluding hydrogens is 461 g/mol. The van der Waals surface area contributed by atoms with Crippen LogP contribution in [0.3, 0.4) is 0 Å². The predicted molar refractivity (Wildman–Crippen MR) is 127 cm³/mol. The van der Waals surface area contributed by atoms with Crippen molar-refractivity contribution in [1.29, 1.82) is 0 Å². The van der Waals surface area contributed by atoms with Gasteiger partial charge in [0.2, 0.25) is 11.8 Å². The Balaban J connectivity index is 0.000000302. The molecule has 4 aromatic rings. The van der Waals surface area contributed by atoms with Crippen molar-refractivity contribution in [3.63, 3.8) is 0 Å². The molecule has 0 radical (unpaired) electrons. The van der Waals surface area contributed by atoms with Crippen molar-refractivity contribution in [2.24, 2.45) is 0 Å². The highest BCUT2D eigenvalue weighted by Gasteiger charge is 2.15. The number of sulfone groups is 1. The van der Waals surface area contributed by atoms with Crippen LogP contribution in [-0.2, 0) is 16.3 Å². The summed E-state index contributed by atoms with van der Waals surface area (Å²) in [6.45, 7) is 1.99. The highest BCUT2D eigenvalue weighted by Crippen LogP contribution is 2.25. The van der Waals surface area contributed by atoms with Crippen LogP contribution in [0.25, 0.3) is 11.5 Å². The molecule has 4 rings (SSSR count). The molecule has 0 bridgehead atoms. The second kappa shape index (κ2) is 10.9. The Morgan fingerprint density at radius 3 is 2.41 bits per heavy atom. The SMILES string of the molecule is Cc1cnc(-c2cnc(Nc3ccc(S(C)(=O)=O)c(F)c3)nc2N)o1.OCCc1ccccc1. The first kappa shape index (κ1) is 24.8. The summed E-state index contributed by atoms with van der Waals surface area (Å²) < 4.78 is 42.1. The average molecular weight is 486 g/mol. The van der Waals surface area contributed by atoms with E-state index in [2.05, 4.69) is 20.3 Å². The fourth-order valence-corrected chi connectivity index (χ4v) is 3.61. The molecule has 0 saturated carbocycles. The van der Waals surface area contributed by atoms with Crippen LogP contribution in [0.2, 0.25) is 0 Å². The zero-order valence-electron chi connectivity index (χ0n) is 18.6. The number of nitrogens with one attached hydrogen (secondary N) is 1. The van der Waals surface area contributed by atoms with Gasteiger partial charge in [-0.15, -0.1) is 0 Å². The summed E-state index contributed by atoms with van der Waals surface area (Å²) in [5.41, 5.74) is 7.79. The van der Waals surface area contributed by atoms with E-state index in [0.29, 0.717) is 17.2 Å². The maximum absolute atomic E-state index is 13.9. The van der Waals surface area contributed by atoms with Crippen molar-refractivity contribution >= 4 is 27.3 Å². The number of benzene rings is 2. The number of halogens is 1. The summed E-state index contributed by atoms with van der Waals surface area (Å²) in [7, 11) is -3.64. The molecule has 0 aliphatic carbocycles. The molecular formula is C23H24FN5O4S. The molecule has 0 spiro atoms. The summed E-state index contributed by atoms with van der Waals surface area (Å²) in [4.78, 5) is 11.8. The zero-order chi connectivity index (χ0) is 24.7. The lowest BCUT2D eigenvalue weighted by molar-refractivity contribution is 0.299. The van der Waals surface area contributed by atoms with E-state index >= 15 is 0 Å². The molecule has 0 saturated heterocycles. The van der Waals surface area contributed by atoms with Gasteiger partial charge in [0, 0.05) is 24.7 Å². The first-order valence-electron chi connectivity index (χ1n) is 10.1. The number of nitrogens with two attached hydrogens (primary N) is 1. The van der Waals surface area contributed by atoms with Crippen LogP contribution >= 0.6 is 0 Å². The topological polar surface area (TPSA) is 144 Å². The molecule has 11 heteroatoms. The Hall–Kier alpha value is -3.83. The molecule has 0 fully saturated rings. The van der Waals surface area contributed by atoms with Crippen LogP contribution in [0.15, 0.2) is 70.2 Å². The van der Waals surface area contributed by atoms with E-state index in [1.807, 2.05) is 30.3 Å². The van der Waals surface area contributed by atoms with Crippen LogP contribution < -0.4 is 11.1 Å². The van der Waals surface area contributed by atoms with Gasteiger partial charge in [0.1, 0.15) is 22.3 Å². The molecule has 178 valence electrons. The van der Waals surface area contributed by atoms with Gasteiger partial charge in [0.15, 0.2) is 9.84 Å². The lowest BCUT2D eigenvalue weighted by Crippen LogP contribution is -2.04. The van der Waals surface area contributed by atoms with Crippen LogP contribution in [-0.4, -0.2) is 41.3 Å². The number of aryl methyl sites for hydroxylation is 1. The summed E-state index contributed by atoms with van der Waals surface area (Å²) in [5.74, 6) is 0.305. The van der Waals surface area contributed by atoms with Gasteiger partial charge in [0.25, 0.3) is 0 Å². The van der Waals surface area contributed by atoms with Gasteiger partial charge < -0.3 is 20.6 Å². The van der Waals surface area contributed by atoms with Crippen molar-refractivity contribution in [3.05, 3.63) is 78.1 Å². The minimum absolute atomic E-state index is 0.121. The lowest BCUT2D eigenvalue weighted by Gasteiger charge is -2.08. The van der Waals surface area contributed by atoms with E-state index in [-0.39, 0.29) is 29.0 Å². The molecule has 4 N–H and O–H groups in total. The third-order valence-corrected chi connectivity index (χ3v) is 5.63. The van der Waals surface area contributed by atoms with Crippen LogP contribution in [0, 0.1) is 12.7 Å².